The molecule has 0 amide bonds. The van der Waals surface area contributed by atoms with Crippen LogP contribution in [0.1, 0.15) is 17.0 Å². The van der Waals surface area contributed by atoms with Gasteiger partial charge in [-0.2, -0.15) is 0 Å². The van der Waals surface area contributed by atoms with E-state index in [-0.39, 0.29) is 0 Å². The van der Waals surface area contributed by atoms with Crippen LogP contribution in [0.5, 0.6) is 5.75 Å². The van der Waals surface area contributed by atoms with E-state index in [1.807, 2.05) is 43.3 Å². The van der Waals surface area contributed by atoms with Crippen molar-refractivity contribution in [1.82, 2.24) is 4.98 Å². The van der Waals surface area contributed by atoms with Crippen molar-refractivity contribution in [1.29, 1.82) is 0 Å². The first-order chi connectivity index (χ1) is 10.2. The van der Waals surface area contributed by atoms with Gasteiger partial charge in [-0.05, 0) is 36.1 Å². The van der Waals surface area contributed by atoms with E-state index < -0.39 is 0 Å². The molecule has 0 unspecified atom stereocenters. The van der Waals surface area contributed by atoms with Gasteiger partial charge in [-0.25, -0.2) is 0 Å². The molecule has 3 aromatic rings. The van der Waals surface area contributed by atoms with Gasteiger partial charge in [0.15, 0.2) is 0 Å². The summed E-state index contributed by atoms with van der Waals surface area (Å²) in [6.07, 6.45) is 0. The van der Waals surface area contributed by atoms with Crippen molar-refractivity contribution in [2.75, 3.05) is 7.11 Å². The van der Waals surface area contributed by atoms with Crippen molar-refractivity contribution in [2.45, 2.75) is 6.92 Å². The fourth-order valence-electron chi connectivity index (χ4n) is 2.49. The monoisotopic (exact) mass is 275 g/mol. The Morgan fingerprint density at radius 3 is 2.48 bits per heavy atom. The molecule has 0 radical (unpaired) electrons. The fraction of sp³-hybridized carbons (Fsp3) is 0.105. The second-order valence-electron chi connectivity index (χ2n) is 5.04. The summed E-state index contributed by atoms with van der Waals surface area (Å²) in [5, 5.41) is 2.32. The Morgan fingerprint density at radius 1 is 1.05 bits per heavy atom. The minimum atomic E-state index is 0.841. The maximum absolute atomic E-state index is 5.20. The maximum atomic E-state index is 5.20. The standard InChI is InChI=1S/C19H17NO/c1-13-12-16-6-4-5-7-18(16)19(20-13)14(2)15-8-10-17(21-3)11-9-15/h4-12H,2H2,1,3H3. The van der Waals surface area contributed by atoms with E-state index in [1.165, 1.54) is 5.39 Å². The molecule has 3 rings (SSSR count). The molecule has 0 aliphatic rings. The van der Waals surface area contributed by atoms with Crippen molar-refractivity contribution < 1.29 is 4.74 Å². The summed E-state index contributed by atoms with van der Waals surface area (Å²) >= 11 is 0. The zero-order valence-electron chi connectivity index (χ0n) is 12.3. The average Bonchev–Trinajstić information content (AvgIpc) is 2.53. The molecule has 104 valence electrons. The first-order valence-corrected chi connectivity index (χ1v) is 6.89. The van der Waals surface area contributed by atoms with Gasteiger partial charge in [-0.1, -0.05) is 43.0 Å². The lowest BCUT2D eigenvalue weighted by atomic mass is 9.99. The number of rotatable bonds is 3. The largest absolute Gasteiger partial charge is 0.497 e. The molecule has 1 aromatic heterocycles. The Hall–Kier alpha value is -2.61. The van der Waals surface area contributed by atoms with Crippen LogP contribution in [0, 0.1) is 6.92 Å². The number of fused-ring (bicyclic) bond motifs is 1. The number of aromatic nitrogens is 1. The van der Waals surface area contributed by atoms with E-state index in [2.05, 4.69) is 29.8 Å². The molecular weight excluding hydrogens is 258 g/mol. The SMILES string of the molecule is C=C(c1ccc(OC)cc1)c1nc(C)cc2ccccc12. The number of ether oxygens (including phenoxy) is 1. The lowest BCUT2D eigenvalue weighted by Gasteiger charge is -2.11. The molecule has 0 bridgehead atoms. The average molecular weight is 275 g/mol. The van der Waals surface area contributed by atoms with Gasteiger partial charge < -0.3 is 4.74 Å². The highest BCUT2D eigenvalue weighted by molar-refractivity contribution is 5.95. The lowest BCUT2D eigenvalue weighted by Crippen LogP contribution is -1.95. The summed E-state index contributed by atoms with van der Waals surface area (Å²) in [5.41, 5.74) is 3.92. The van der Waals surface area contributed by atoms with E-state index in [1.54, 1.807) is 7.11 Å². The zero-order chi connectivity index (χ0) is 14.8. The lowest BCUT2D eigenvalue weighted by molar-refractivity contribution is 0.415. The van der Waals surface area contributed by atoms with E-state index in [4.69, 9.17) is 4.74 Å². The summed E-state index contributed by atoms with van der Waals surface area (Å²) in [5.74, 6) is 0.841. The highest BCUT2D eigenvalue weighted by Gasteiger charge is 2.09. The quantitative estimate of drug-likeness (QED) is 0.696. The highest BCUT2D eigenvalue weighted by atomic mass is 16.5. The fourth-order valence-corrected chi connectivity index (χ4v) is 2.49. The maximum Gasteiger partial charge on any atom is 0.118 e. The minimum absolute atomic E-state index is 0.841. The van der Waals surface area contributed by atoms with Crippen LogP contribution in [0.2, 0.25) is 0 Å². The molecular formula is C19H17NO. The van der Waals surface area contributed by atoms with Gasteiger partial charge in [0.25, 0.3) is 0 Å². The number of aryl methyl sites for hydroxylation is 1. The molecule has 0 aliphatic carbocycles. The van der Waals surface area contributed by atoms with Crippen molar-refractivity contribution in [3.05, 3.63) is 78.1 Å². The second kappa shape index (κ2) is 5.41. The van der Waals surface area contributed by atoms with Gasteiger partial charge in [0.05, 0.1) is 12.8 Å². The Morgan fingerprint density at radius 2 is 1.76 bits per heavy atom. The van der Waals surface area contributed by atoms with Gasteiger partial charge >= 0.3 is 0 Å². The summed E-state index contributed by atoms with van der Waals surface area (Å²) in [6, 6.07) is 18.3. The van der Waals surface area contributed by atoms with E-state index >= 15 is 0 Å². The van der Waals surface area contributed by atoms with Gasteiger partial charge in [-0.15, -0.1) is 0 Å². The number of methoxy groups -OCH3 is 1. The molecule has 0 fully saturated rings. The third kappa shape index (κ3) is 2.52. The molecule has 2 aromatic carbocycles. The topological polar surface area (TPSA) is 22.1 Å². The van der Waals surface area contributed by atoms with Crippen LogP contribution in [0.4, 0.5) is 0 Å². The molecule has 21 heavy (non-hydrogen) atoms. The predicted octanol–water partition coefficient (Wildman–Crippen LogP) is 4.61. The normalized spacial score (nSPS) is 10.6. The van der Waals surface area contributed by atoms with Gasteiger partial charge in [-0.3, -0.25) is 4.98 Å². The van der Waals surface area contributed by atoms with Gasteiger partial charge in [0.2, 0.25) is 0 Å². The molecule has 2 heteroatoms. The molecule has 0 N–H and O–H groups in total. The summed E-state index contributed by atoms with van der Waals surface area (Å²) in [7, 11) is 1.67. The Bertz CT molecular complexity index is 803. The van der Waals surface area contributed by atoms with Crippen LogP contribution in [0.3, 0.4) is 0 Å². The Kier molecular flexibility index (Phi) is 3.44. The summed E-state index contributed by atoms with van der Waals surface area (Å²) in [6.45, 7) is 6.25. The summed E-state index contributed by atoms with van der Waals surface area (Å²) in [4.78, 5) is 4.69. The smallest absolute Gasteiger partial charge is 0.118 e. The van der Waals surface area contributed by atoms with Crippen molar-refractivity contribution in [3.8, 4) is 5.75 Å². The van der Waals surface area contributed by atoms with Gasteiger partial charge in [0, 0.05) is 16.7 Å². The molecule has 0 saturated carbocycles. The van der Waals surface area contributed by atoms with Crippen LogP contribution < -0.4 is 4.74 Å². The molecule has 0 saturated heterocycles. The molecule has 0 atom stereocenters. The van der Waals surface area contributed by atoms with Crippen molar-refractivity contribution >= 4 is 16.3 Å². The van der Waals surface area contributed by atoms with Crippen molar-refractivity contribution in [3.63, 3.8) is 0 Å². The number of nitrogens with zero attached hydrogens (tertiary/aromatic N) is 1. The van der Waals surface area contributed by atoms with Crippen LogP contribution in [0.15, 0.2) is 61.2 Å². The van der Waals surface area contributed by atoms with E-state index in [0.29, 0.717) is 0 Å². The number of hydrogen-bond acceptors (Lipinski definition) is 2. The molecule has 0 aliphatic heterocycles. The minimum Gasteiger partial charge on any atom is -0.497 e. The number of benzene rings is 2. The highest BCUT2D eigenvalue weighted by Crippen LogP contribution is 2.28. The number of pyridine rings is 1. The van der Waals surface area contributed by atoms with E-state index in [9.17, 15) is 0 Å². The third-order valence-electron chi connectivity index (χ3n) is 3.59. The van der Waals surface area contributed by atoms with E-state index in [0.717, 1.165) is 33.7 Å². The van der Waals surface area contributed by atoms with Crippen LogP contribution >= 0.6 is 0 Å². The molecule has 2 nitrogen and oxygen atoms in total. The zero-order valence-corrected chi connectivity index (χ0v) is 12.3. The molecule has 0 spiro atoms. The number of hydrogen-bond donors (Lipinski definition) is 0. The first-order valence-electron chi connectivity index (χ1n) is 6.89. The third-order valence-corrected chi connectivity index (χ3v) is 3.59. The first kappa shape index (κ1) is 13.4. The van der Waals surface area contributed by atoms with Crippen molar-refractivity contribution in [2.24, 2.45) is 0 Å². The van der Waals surface area contributed by atoms with Crippen LogP contribution in [0.25, 0.3) is 16.3 Å². The van der Waals surface area contributed by atoms with Crippen LogP contribution in [-0.2, 0) is 0 Å². The predicted molar refractivity (Wildman–Crippen MR) is 87.6 cm³/mol. The Balaban J connectivity index is 2.12. The molecule has 1 heterocycles. The van der Waals surface area contributed by atoms with Gasteiger partial charge in [0.1, 0.15) is 5.75 Å². The Labute approximate surface area is 124 Å². The summed E-state index contributed by atoms with van der Waals surface area (Å²) < 4.78 is 5.20. The van der Waals surface area contributed by atoms with Crippen LogP contribution in [-0.4, -0.2) is 12.1 Å². The second-order valence-corrected chi connectivity index (χ2v) is 5.04.